The summed E-state index contributed by atoms with van der Waals surface area (Å²) in [6.45, 7) is 11.2. The molecular weight excluding hydrogens is 778 g/mol. The summed E-state index contributed by atoms with van der Waals surface area (Å²) in [4.78, 5) is 50.9. The van der Waals surface area contributed by atoms with Gasteiger partial charge in [0.05, 0.1) is 163 Å². The number of fused-ring (bicyclic) bond motifs is 1. The lowest BCUT2D eigenvalue weighted by atomic mass is 10.0. The van der Waals surface area contributed by atoms with E-state index in [0.29, 0.717) is 171 Å². The number of amides is 4. The maximum atomic E-state index is 13.2. The van der Waals surface area contributed by atoms with E-state index in [-0.39, 0.29) is 24.0 Å². The second kappa shape index (κ2) is 33.1. The average molecular weight is 840 g/mol. The van der Waals surface area contributed by atoms with Crippen LogP contribution in [0.4, 0.5) is 5.69 Å². The van der Waals surface area contributed by atoms with E-state index in [1.54, 1.807) is 18.2 Å². The summed E-state index contributed by atoms with van der Waals surface area (Å²) < 4.78 is 65.3. The molecule has 4 amide bonds. The van der Waals surface area contributed by atoms with Crippen molar-refractivity contribution in [3.63, 3.8) is 0 Å². The molecule has 0 saturated carbocycles. The predicted molar refractivity (Wildman–Crippen MR) is 210 cm³/mol. The molecule has 2 N–H and O–H groups in total. The Morgan fingerprint density at radius 3 is 1.34 bits per heavy atom. The molecule has 1 unspecified atom stereocenters. The van der Waals surface area contributed by atoms with E-state index in [0.717, 1.165) is 4.90 Å². The quantitative estimate of drug-likeness (QED) is 0.0521. The molecular formula is C40H61N3O16. The first kappa shape index (κ1) is 49.7. The van der Waals surface area contributed by atoms with Gasteiger partial charge in [0.15, 0.2) is 0 Å². The van der Waals surface area contributed by atoms with Gasteiger partial charge in [-0.05, 0) is 18.6 Å². The molecule has 19 nitrogen and oxygen atoms in total. The molecule has 1 atom stereocenters. The fraction of sp³-hybridized carbons (Fsp3) is 0.700. The number of piperidine rings is 1. The third kappa shape index (κ3) is 21.5. The standard InChI is InChI=1S/C40H61N3O16/c1-2-9-48-11-13-50-15-17-52-19-21-54-23-25-56-27-29-58-31-32-59-30-28-57-26-24-55-22-20-53-18-16-51-14-12-49-10-8-41-34-5-3-4-33-37(34)40(47)43(39(33)46)35-6-7-36(44)42-38(35)45/h1,3-5,35,41H,6-32H2,(H,42,44,45). The van der Waals surface area contributed by atoms with Crippen molar-refractivity contribution in [2.24, 2.45) is 0 Å². The van der Waals surface area contributed by atoms with Crippen molar-refractivity contribution in [3.8, 4) is 12.3 Å². The maximum absolute atomic E-state index is 13.2. The third-order valence-electron chi connectivity index (χ3n) is 8.31. The van der Waals surface area contributed by atoms with Crippen molar-refractivity contribution in [1.82, 2.24) is 10.2 Å². The number of ether oxygens (including phenoxy) is 12. The Morgan fingerprint density at radius 1 is 0.559 bits per heavy atom. The van der Waals surface area contributed by atoms with Gasteiger partial charge in [0.1, 0.15) is 12.6 Å². The number of hydrogen-bond acceptors (Lipinski definition) is 17. The van der Waals surface area contributed by atoms with E-state index in [4.69, 9.17) is 63.3 Å². The number of carbonyl (C=O) groups excluding carboxylic acids is 4. The summed E-state index contributed by atoms with van der Waals surface area (Å²) in [7, 11) is 0. The maximum Gasteiger partial charge on any atom is 0.264 e. The zero-order chi connectivity index (χ0) is 42.0. The molecule has 1 aromatic carbocycles. The molecule has 0 spiro atoms. The van der Waals surface area contributed by atoms with Gasteiger partial charge in [-0.3, -0.25) is 29.4 Å². The first-order valence-electron chi connectivity index (χ1n) is 20.0. The van der Waals surface area contributed by atoms with Crippen molar-refractivity contribution in [2.75, 3.05) is 170 Å². The second-order valence-electron chi connectivity index (χ2n) is 12.6. The highest BCUT2D eigenvalue weighted by molar-refractivity contribution is 6.25. The van der Waals surface area contributed by atoms with Gasteiger partial charge < -0.3 is 62.2 Å². The Hall–Kier alpha value is -3.62. The number of imide groups is 2. The lowest BCUT2D eigenvalue weighted by Gasteiger charge is -2.27. The Morgan fingerprint density at radius 2 is 0.949 bits per heavy atom. The van der Waals surface area contributed by atoms with Crippen LogP contribution in [0.2, 0.25) is 0 Å². The Kier molecular flexibility index (Phi) is 27.9. The smallest absolute Gasteiger partial charge is 0.264 e. The minimum Gasteiger partial charge on any atom is -0.382 e. The largest absolute Gasteiger partial charge is 0.382 e. The molecule has 1 fully saturated rings. The molecule has 1 aromatic rings. The van der Waals surface area contributed by atoms with Crippen molar-refractivity contribution >= 4 is 29.3 Å². The zero-order valence-electron chi connectivity index (χ0n) is 34.0. The molecule has 0 aliphatic carbocycles. The van der Waals surface area contributed by atoms with E-state index < -0.39 is 29.7 Å². The van der Waals surface area contributed by atoms with Crippen LogP contribution in [0.5, 0.6) is 0 Å². The summed E-state index contributed by atoms with van der Waals surface area (Å²) in [5, 5.41) is 5.33. The normalized spacial score (nSPS) is 15.2. The van der Waals surface area contributed by atoms with Gasteiger partial charge in [0, 0.05) is 18.7 Å². The van der Waals surface area contributed by atoms with Gasteiger partial charge in [-0.1, -0.05) is 12.0 Å². The SMILES string of the molecule is C#CCOCCOCCOCCOCCOCCOCCOCCOCCOCCOCCOCCOCCNc1cccc2c1C(=O)N(C1CCC(=O)NC1=O)C2=O. The first-order valence-corrected chi connectivity index (χ1v) is 20.0. The van der Waals surface area contributed by atoms with Crippen LogP contribution in [0, 0.1) is 12.3 Å². The number of anilines is 1. The van der Waals surface area contributed by atoms with E-state index in [2.05, 4.69) is 16.6 Å². The van der Waals surface area contributed by atoms with E-state index in [1.165, 1.54) is 0 Å². The van der Waals surface area contributed by atoms with Crippen LogP contribution in [0.1, 0.15) is 33.6 Å². The molecule has 2 heterocycles. The Bertz CT molecular complexity index is 1380. The summed E-state index contributed by atoms with van der Waals surface area (Å²) in [6, 6.07) is 3.90. The van der Waals surface area contributed by atoms with Gasteiger partial charge >= 0.3 is 0 Å². The predicted octanol–water partition coefficient (Wildman–Crippen LogP) is 0.332. The molecule has 2 aliphatic heterocycles. The minimum absolute atomic E-state index is 0.0634. The van der Waals surface area contributed by atoms with Gasteiger partial charge in [-0.2, -0.15) is 0 Å². The fourth-order valence-corrected chi connectivity index (χ4v) is 5.47. The highest BCUT2D eigenvalue weighted by Crippen LogP contribution is 2.32. The molecule has 0 radical (unpaired) electrons. The van der Waals surface area contributed by atoms with Crippen molar-refractivity contribution in [1.29, 1.82) is 0 Å². The first-order chi connectivity index (χ1) is 29.0. The van der Waals surface area contributed by atoms with Crippen LogP contribution in [0.15, 0.2) is 18.2 Å². The van der Waals surface area contributed by atoms with Crippen LogP contribution in [0.3, 0.4) is 0 Å². The number of benzene rings is 1. The molecule has 2 aliphatic rings. The zero-order valence-corrected chi connectivity index (χ0v) is 34.0. The van der Waals surface area contributed by atoms with Crippen LogP contribution in [-0.2, 0) is 66.4 Å². The van der Waals surface area contributed by atoms with Crippen LogP contribution >= 0.6 is 0 Å². The van der Waals surface area contributed by atoms with Gasteiger partial charge in [-0.15, -0.1) is 6.42 Å². The van der Waals surface area contributed by atoms with Crippen molar-refractivity contribution < 1.29 is 76.0 Å². The van der Waals surface area contributed by atoms with Crippen LogP contribution in [-0.4, -0.2) is 200 Å². The molecule has 59 heavy (non-hydrogen) atoms. The molecule has 0 bridgehead atoms. The summed E-state index contributed by atoms with van der Waals surface area (Å²) >= 11 is 0. The molecule has 0 aromatic heterocycles. The van der Waals surface area contributed by atoms with Crippen molar-refractivity contribution in [3.05, 3.63) is 29.3 Å². The number of rotatable bonds is 39. The summed E-state index contributed by atoms with van der Waals surface area (Å²) in [5.74, 6) is 0.217. The number of nitrogens with one attached hydrogen (secondary N) is 2. The number of nitrogens with zero attached hydrogens (tertiary/aromatic N) is 1. The minimum atomic E-state index is -1.01. The average Bonchev–Trinajstić information content (AvgIpc) is 3.49. The van der Waals surface area contributed by atoms with E-state index >= 15 is 0 Å². The van der Waals surface area contributed by atoms with Crippen molar-refractivity contribution in [2.45, 2.75) is 18.9 Å². The fourth-order valence-electron chi connectivity index (χ4n) is 5.47. The highest BCUT2D eigenvalue weighted by atomic mass is 16.6. The van der Waals surface area contributed by atoms with Crippen LogP contribution in [0.25, 0.3) is 0 Å². The topological polar surface area (TPSA) is 206 Å². The monoisotopic (exact) mass is 839 g/mol. The molecule has 1 saturated heterocycles. The Balaban J connectivity index is 0.982. The number of terminal acetylenes is 1. The second-order valence-corrected chi connectivity index (χ2v) is 12.6. The van der Waals surface area contributed by atoms with E-state index in [9.17, 15) is 19.2 Å². The lowest BCUT2D eigenvalue weighted by Crippen LogP contribution is -2.54. The molecule has 332 valence electrons. The van der Waals surface area contributed by atoms with Gasteiger partial charge in [0.25, 0.3) is 11.8 Å². The van der Waals surface area contributed by atoms with Crippen LogP contribution < -0.4 is 10.6 Å². The number of hydrogen-bond donors (Lipinski definition) is 2. The lowest BCUT2D eigenvalue weighted by molar-refractivity contribution is -0.136. The highest BCUT2D eigenvalue weighted by Gasteiger charge is 2.45. The number of carbonyl (C=O) groups is 4. The summed E-state index contributed by atoms with van der Waals surface area (Å²) in [6.07, 6.45) is 5.25. The van der Waals surface area contributed by atoms with Gasteiger partial charge in [-0.25, -0.2) is 0 Å². The Labute approximate surface area is 346 Å². The van der Waals surface area contributed by atoms with E-state index in [1.807, 2.05) is 0 Å². The summed E-state index contributed by atoms with van der Waals surface area (Å²) in [5.41, 5.74) is 0.900. The molecule has 3 rings (SSSR count). The van der Waals surface area contributed by atoms with Gasteiger partial charge in [0.2, 0.25) is 11.8 Å². The molecule has 19 heteroatoms. The third-order valence-corrected chi connectivity index (χ3v) is 8.31.